The third kappa shape index (κ3) is 5.22. The standard InChI is InChI=1S/C20H32O6/c1-11(2)6-17(22)24-9-14-10-25-20(26-18(23)7-12(3)4)19-13(5)16(21)8-15(14)19/h10-13,15-16,19-21H,6-9H2,1-5H3/t13-,15+,16+,19+,20-/m0/s1. The van der Waals surface area contributed by atoms with Crippen LogP contribution in [0.1, 0.15) is 53.9 Å². The van der Waals surface area contributed by atoms with Crippen LogP contribution in [0.4, 0.5) is 0 Å². The highest BCUT2D eigenvalue weighted by Gasteiger charge is 2.50. The van der Waals surface area contributed by atoms with Gasteiger partial charge in [-0.15, -0.1) is 0 Å². The lowest BCUT2D eigenvalue weighted by Gasteiger charge is -2.35. The summed E-state index contributed by atoms with van der Waals surface area (Å²) in [4.78, 5) is 23.9. The van der Waals surface area contributed by atoms with Crippen molar-refractivity contribution in [3.8, 4) is 0 Å². The molecule has 0 amide bonds. The van der Waals surface area contributed by atoms with Crippen LogP contribution in [0.15, 0.2) is 11.8 Å². The van der Waals surface area contributed by atoms with Crippen LogP contribution < -0.4 is 0 Å². The molecule has 1 heterocycles. The fourth-order valence-electron chi connectivity index (χ4n) is 3.74. The van der Waals surface area contributed by atoms with Crippen LogP contribution in [0.2, 0.25) is 0 Å². The minimum Gasteiger partial charge on any atom is -0.462 e. The summed E-state index contributed by atoms with van der Waals surface area (Å²) in [6, 6.07) is 0. The van der Waals surface area contributed by atoms with Gasteiger partial charge in [0.2, 0.25) is 6.29 Å². The minimum atomic E-state index is -0.700. The molecule has 1 fully saturated rings. The number of fused-ring (bicyclic) bond motifs is 1. The Kier molecular flexibility index (Phi) is 7.09. The van der Waals surface area contributed by atoms with E-state index in [0.717, 1.165) is 5.57 Å². The third-order valence-electron chi connectivity index (χ3n) is 5.12. The largest absolute Gasteiger partial charge is 0.462 e. The molecule has 0 aromatic heterocycles. The van der Waals surface area contributed by atoms with Crippen LogP contribution in [-0.2, 0) is 23.8 Å². The van der Waals surface area contributed by atoms with Gasteiger partial charge in [-0.05, 0) is 30.1 Å². The van der Waals surface area contributed by atoms with Gasteiger partial charge in [0.05, 0.1) is 12.4 Å². The highest BCUT2D eigenvalue weighted by Crippen LogP contribution is 2.46. The van der Waals surface area contributed by atoms with Gasteiger partial charge >= 0.3 is 11.9 Å². The van der Waals surface area contributed by atoms with Gasteiger partial charge in [0.15, 0.2) is 0 Å². The van der Waals surface area contributed by atoms with Gasteiger partial charge in [-0.2, -0.15) is 0 Å². The zero-order chi connectivity index (χ0) is 19.4. The Hall–Kier alpha value is -1.56. The molecule has 0 aromatic rings. The summed E-state index contributed by atoms with van der Waals surface area (Å²) in [6.07, 6.45) is 1.61. The number of aliphatic hydroxyl groups excluding tert-OH is 1. The molecule has 2 aliphatic rings. The second-order valence-corrected chi connectivity index (χ2v) is 8.39. The van der Waals surface area contributed by atoms with Gasteiger partial charge in [0.25, 0.3) is 0 Å². The van der Waals surface area contributed by atoms with Crippen molar-refractivity contribution >= 4 is 11.9 Å². The quantitative estimate of drug-likeness (QED) is 0.696. The molecule has 2 rings (SSSR count). The first-order chi connectivity index (χ1) is 12.2. The molecule has 5 atom stereocenters. The van der Waals surface area contributed by atoms with Crippen LogP contribution in [-0.4, -0.2) is 36.0 Å². The molecule has 0 radical (unpaired) electrons. The van der Waals surface area contributed by atoms with E-state index >= 15 is 0 Å². The second kappa shape index (κ2) is 8.89. The van der Waals surface area contributed by atoms with E-state index in [2.05, 4.69) is 0 Å². The maximum Gasteiger partial charge on any atom is 0.309 e. The Balaban J connectivity index is 2.04. The van der Waals surface area contributed by atoms with Crippen molar-refractivity contribution in [2.24, 2.45) is 29.6 Å². The van der Waals surface area contributed by atoms with Crippen LogP contribution in [0.25, 0.3) is 0 Å². The summed E-state index contributed by atoms with van der Waals surface area (Å²) in [5.74, 6) is -0.300. The van der Waals surface area contributed by atoms with Crippen molar-refractivity contribution in [1.82, 2.24) is 0 Å². The van der Waals surface area contributed by atoms with Gasteiger partial charge in [0.1, 0.15) is 6.61 Å². The zero-order valence-electron chi connectivity index (χ0n) is 16.4. The topological polar surface area (TPSA) is 82.1 Å². The summed E-state index contributed by atoms with van der Waals surface area (Å²) >= 11 is 0. The number of hydrogen-bond acceptors (Lipinski definition) is 6. The third-order valence-corrected chi connectivity index (χ3v) is 5.12. The Labute approximate surface area is 155 Å². The molecule has 1 aliphatic heterocycles. The van der Waals surface area contributed by atoms with Crippen molar-refractivity contribution < 1.29 is 28.9 Å². The summed E-state index contributed by atoms with van der Waals surface area (Å²) in [5, 5.41) is 10.3. The van der Waals surface area contributed by atoms with E-state index in [1.807, 2.05) is 34.6 Å². The molecule has 1 aliphatic carbocycles. The molecule has 0 unspecified atom stereocenters. The maximum atomic E-state index is 12.0. The Morgan fingerprint density at radius 2 is 1.81 bits per heavy atom. The number of hydrogen-bond donors (Lipinski definition) is 1. The van der Waals surface area contributed by atoms with Gasteiger partial charge in [-0.3, -0.25) is 9.59 Å². The first kappa shape index (κ1) is 20.7. The van der Waals surface area contributed by atoms with Crippen molar-refractivity contribution in [3.63, 3.8) is 0 Å². The van der Waals surface area contributed by atoms with Gasteiger partial charge < -0.3 is 19.3 Å². The van der Waals surface area contributed by atoms with Gasteiger partial charge in [-0.1, -0.05) is 34.6 Å². The highest BCUT2D eigenvalue weighted by molar-refractivity contribution is 5.70. The van der Waals surface area contributed by atoms with Crippen molar-refractivity contribution in [2.45, 2.75) is 66.3 Å². The van der Waals surface area contributed by atoms with Crippen molar-refractivity contribution in [1.29, 1.82) is 0 Å². The molecule has 6 nitrogen and oxygen atoms in total. The smallest absolute Gasteiger partial charge is 0.309 e. The Morgan fingerprint density at radius 1 is 1.19 bits per heavy atom. The van der Waals surface area contributed by atoms with E-state index in [4.69, 9.17) is 14.2 Å². The normalized spacial score (nSPS) is 30.6. The van der Waals surface area contributed by atoms with Crippen LogP contribution in [0.5, 0.6) is 0 Å². The summed E-state index contributed by atoms with van der Waals surface area (Å²) < 4.78 is 16.6. The zero-order valence-corrected chi connectivity index (χ0v) is 16.4. The molecule has 0 spiro atoms. The molecule has 1 saturated carbocycles. The molecule has 0 bridgehead atoms. The van der Waals surface area contributed by atoms with E-state index < -0.39 is 12.4 Å². The predicted molar refractivity (Wildman–Crippen MR) is 95.7 cm³/mol. The number of ether oxygens (including phenoxy) is 3. The van der Waals surface area contributed by atoms with Gasteiger partial charge in [0, 0.05) is 24.3 Å². The molecule has 6 heteroatoms. The number of esters is 2. The molecule has 0 aromatic carbocycles. The highest BCUT2D eigenvalue weighted by atomic mass is 16.7. The number of aliphatic hydroxyl groups is 1. The SMILES string of the molecule is CC(C)CC(=O)OCC1=CO[C@@H](OC(=O)CC(C)C)[C@@H]2[C@@H](C)[C@H](O)C[C@H]12. The Morgan fingerprint density at radius 3 is 2.42 bits per heavy atom. The molecular formula is C20H32O6. The fraction of sp³-hybridized carbons (Fsp3) is 0.800. The molecule has 26 heavy (non-hydrogen) atoms. The maximum absolute atomic E-state index is 12.0. The lowest BCUT2D eigenvalue weighted by molar-refractivity contribution is -0.189. The lowest BCUT2D eigenvalue weighted by Crippen LogP contribution is -2.39. The monoisotopic (exact) mass is 368 g/mol. The number of carbonyl (C=O) groups excluding carboxylic acids is 2. The summed E-state index contributed by atoms with van der Waals surface area (Å²) in [7, 11) is 0. The van der Waals surface area contributed by atoms with E-state index in [1.54, 1.807) is 6.26 Å². The second-order valence-electron chi connectivity index (χ2n) is 8.39. The summed E-state index contributed by atoms with van der Waals surface area (Å²) in [6.45, 7) is 9.93. The minimum absolute atomic E-state index is 0.0163. The van der Waals surface area contributed by atoms with Crippen LogP contribution in [0.3, 0.4) is 0 Å². The van der Waals surface area contributed by atoms with E-state index in [-0.39, 0.29) is 48.1 Å². The van der Waals surface area contributed by atoms with Crippen LogP contribution >= 0.6 is 0 Å². The Bertz CT molecular complexity index is 538. The van der Waals surface area contributed by atoms with Crippen LogP contribution in [0, 0.1) is 29.6 Å². The lowest BCUT2D eigenvalue weighted by atomic mass is 9.83. The molecular weight excluding hydrogens is 336 g/mol. The predicted octanol–water partition coefficient (Wildman–Crippen LogP) is 3.04. The van der Waals surface area contributed by atoms with Crippen molar-refractivity contribution in [2.75, 3.05) is 6.61 Å². The number of carbonyl (C=O) groups is 2. The van der Waals surface area contributed by atoms with E-state index in [1.165, 1.54) is 0 Å². The van der Waals surface area contributed by atoms with Crippen molar-refractivity contribution in [3.05, 3.63) is 11.8 Å². The van der Waals surface area contributed by atoms with E-state index in [0.29, 0.717) is 19.3 Å². The average Bonchev–Trinajstić information content (AvgIpc) is 2.81. The molecule has 1 N–H and O–H groups in total. The van der Waals surface area contributed by atoms with E-state index in [9.17, 15) is 14.7 Å². The first-order valence-electron chi connectivity index (χ1n) is 9.56. The summed E-state index contributed by atoms with van der Waals surface area (Å²) in [5.41, 5.74) is 0.840. The average molecular weight is 368 g/mol. The fourth-order valence-corrected chi connectivity index (χ4v) is 3.74. The molecule has 0 saturated heterocycles. The molecule has 148 valence electrons. The number of rotatable bonds is 7. The van der Waals surface area contributed by atoms with Gasteiger partial charge in [-0.25, -0.2) is 0 Å². The first-order valence-corrected chi connectivity index (χ1v) is 9.56.